The van der Waals surface area contributed by atoms with Gasteiger partial charge in [0.2, 0.25) is 11.8 Å². The summed E-state index contributed by atoms with van der Waals surface area (Å²) in [5.74, 6) is 4.32. The molecule has 6 heteroatoms. The predicted molar refractivity (Wildman–Crippen MR) is 88.2 cm³/mol. The van der Waals surface area contributed by atoms with Crippen LogP contribution in [0, 0.1) is 0 Å². The second-order valence-corrected chi connectivity index (χ2v) is 7.51. The lowest BCUT2D eigenvalue weighted by Crippen LogP contribution is -2.35. The second-order valence-electron chi connectivity index (χ2n) is 5.92. The number of nitrogens with zero attached hydrogens (tertiary/aromatic N) is 3. The highest BCUT2D eigenvalue weighted by Gasteiger charge is 2.30. The Bertz CT molecular complexity index is 641. The standard InChI is InChI=1S/C16H18ClN3OS/c17-13-5-3-11(4-6-13)14-10-22-8-7-20(14)9-15-18-19-16(21-15)12-1-2-12/h3-6,12,14H,1-2,7-10H2. The molecule has 1 saturated carbocycles. The average molecular weight is 336 g/mol. The van der Waals surface area contributed by atoms with E-state index in [1.807, 2.05) is 23.9 Å². The third-order valence-electron chi connectivity index (χ3n) is 4.24. The molecule has 2 fully saturated rings. The number of hydrogen-bond acceptors (Lipinski definition) is 5. The van der Waals surface area contributed by atoms with Crippen LogP contribution in [0.4, 0.5) is 0 Å². The van der Waals surface area contributed by atoms with E-state index in [2.05, 4.69) is 27.2 Å². The summed E-state index contributed by atoms with van der Waals surface area (Å²) in [5.41, 5.74) is 1.30. The zero-order valence-corrected chi connectivity index (χ0v) is 13.8. The molecule has 116 valence electrons. The van der Waals surface area contributed by atoms with Crippen LogP contribution in [0.3, 0.4) is 0 Å². The van der Waals surface area contributed by atoms with Crippen LogP contribution >= 0.6 is 23.4 Å². The van der Waals surface area contributed by atoms with Gasteiger partial charge in [-0.15, -0.1) is 10.2 Å². The normalized spacial score (nSPS) is 22.9. The van der Waals surface area contributed by atoms with Crippen LogP contribution in [0.5, 0.6) is 0 Å². The molecule has 0 spiro atoms. The van der Waals surface area contributed by atoms with Gasteiger partial charge in [0.25, 0.3) is 0 Å². The number of rotatable bonds is 4. The van der Waals surface area contributed by atoms with E-state index in [1.165, 1.54) is 18.4 Å². The maximum absolute atomic E-state index is 6.00. The first-order valence-corrected chi connectivity index (χ1v) is 9.22. The molecule has 0 amide bonds. The molecule has 4 nitrogen and oxygen atoms in total. The van der Waals surface area contributed by atoms with Crippen molar-refractivity contribution in [3.63, 3.8) is 0 Å². The fraction of sp³-hybridized carbons (Fsp3) is 0.500. The summed E-state index contributed by atoms with van der Waals surface area (Å²) < 4.78 is 5.82. The fourth-order valence-electron chi connectivity index (χ4n) is 2.82. The topological polar surface area (TPSA) is 42.2 Å². The summed E-state index contributed by atoms with van der Waals surface area (Å²) in [6.07, 6.45) is 2.38. The van der Waals surface area contributed by atoms with E-state index in [4.69, 9.17) is 16.0 Å². The molecule has 1 aromatic heterocycles. The predicted octanol–water partition coefficient (Wildman–Crippen LogP) is 3.89. The lowest BCUT2D eigenvalue weighted by Gasteiger charge is -2.34. The van der Waals surface area contributed by atoms with E-state index in [0.29, 0.717) is 12.0 Å². The molecule has 1 saturated heterocycles. The molecular formula is C16H18ClN3OS. The van der Waals surface area contributed by atoms with Crippen molar-refractivity contribution in [3.05, 3.63) is 46.6 Å². The maximum Gasteiger partial charge on any atom is 0.230 e. The number of thioether (sulfide) groups is 1. The summed E-state index contributed by atoms with van der Waals surface area (Å²) >= 11 is 8.00. The van der Waals surface area contributed by atoms with Crippen molar-refractivity contribution in [1.82, 2.24) is 15.1 Å². The summed E-state index contributed by atoms with van der Waals surface area (Å²) in [6, 6.07) is 8.55. The van der Waals surface area contributed by atoms with Crippen LogP contribution < -0.4 is 0 Å². The minimum Gasteiger partial charge on any atom is -0.424 e. The molecule has 1 unspecified atom stereocenters. The Morgan fingerprint density at radius 1 is 1.23 bits per heavy atom. The monoisotopic (exact) mass is 335 g/mol. The lowest BCUT2D eigenvalue weighted by molar-refractivity contribution is 0.190. The van der Waals surface area contributed by atoms with Gasteiger partial charge in [-0.25, -0.2) is 0 Å². The van der Waals surface area contributed by atoms with Crippen molar-refractivity contribution in [1.29, 1.82) is 0 Å². The Hall–Kier alpha value is -1.04. The largest absolute Gasteiger partial charge is 0.424 e. The van der Waals surface area contributed by atoms with Crippen LogP contribution in [0.1, 0.15) is 42.1 Å². The van der Waals surface area contributed by atoms with Gasteiger partial charge in [0.1, 0.15) is 0 Å². The summed E-state index contributed by atoms with van der Waals surface area (Å²) in [4.78, 5) is 2.43. The first-order valence-electron chi connectivity index (χ1n) is 7.69. The summed E-state index contributed by atoms with van der Waals surface area (Å²) in [7, 11) is 0. The highest BCUT2D eigenvalue weighted by atomic mass is 35.5. The summed E-state index contributed by atoms with van der Waals surface area (Å²) in [6.45, 7) is 1.77. The van der Waals surface area contributed by atoms with E-state index in [-0.39, 0.29) is 0 Å². The Morgan fingerprint density at radius 3 is 2.82 bits per heavy atom. The molecule has 1 atom stereocenters. The third-order valence-corrected chi connectivity index (χ3v) is 5.52. The van der Waals surface area contributed by atoms with Crippen LogP contribution in [-0.4, -0.2) is 33.1 Å². The molecule has 0 radical (unpaired) electrons. The van der Waals surface area contributed by atoms with Gasteiger partial charge < -0.3 is 4.42 Å². The first kappa shape index (κ1) is 14.5. The molecule has 1 aliphatic heterocycles. The molecule has 4 rings (SSSR count). The van der Waals surface area contributed by atoms with Crippen molar-refractivity contribution in [2.45, 2.75) is 31.3 Å². The van der Waals surface area contributed by atoms with E-state index in [1.54, 1.807) is 0 Å². The number of aromatic nitrogens is 2. The first-order chi connectivity index (χ1) is 10.8. The second kappa shape index (κ2) is 6.22. The van der Waals surface area contributed by atoms with Crippen LogP contribution in [0.2, 0.25) is 5.02 Å². The van der Waals surface area contributed by atoms with Gasteiger partial charge in [0.15, 0.2) is 0 Å². The highest BCUT2D eigenvalue weighted by molar-refractivity contribution is 7.99. The smallest absolute Gasteiger partial charge is 0.230 e. The van der Waals surface area contributed by atoms with Crippen molar-refractivity contribution in [2.24, 2.45) is 0 Å². The van der Waals surface area contributed by atoms with Gasteiger partial charge in [0.05, 0.1) is 6.54 Å². The van der Waals surface area contributed by atoms with Gasteiger partial charge in [0, 0.05) is 35.0 Å². The Morgan fingerprint density at radius 2 is 2.05 bits per heavy atom. The minimum absolute atomic E-state index is 0.382. The number of benzene rings is 1. The highest BCUT2D eigenvalue weighted by Crippen LogP contribution is 2.39. The zero-order valence-electron chi connectivity index (χ0n) is 12.2. The molecule has 0 bridgehead atoms. The molecule has 1 aromatic carbocycles. The summed E-state index contributed by atoms with van der Waals surface area (Å²) in [5, 5.41) is 9.20. The molecule has 22 heavy (non-hydrogen) atoms. The van der Waals surface area contributed by atoms with Crippen LogP contribution in [0.15, 0.2) is 28.7 Å². The molecule has 1 aliphatic carbocycles. The van der Waals surface area contributed by atoms with E-state index in [0.717, 1.165) is 41.4 Å². The fourth-order valence-corrected chi connectivity index (χ4v) is 4.10. The zero-order chi connectivity index (χ0) is 14.9. The van der Waals surface area contributed by atoms with Crippen molar-refractivity contribution in [3.8, 4) is 0 Å². The Kier molecular flexibility index (Phi) is 4.11. The van der Waals surface area contributed by atoms with Gasteiger partial charge in [-0.05, 0) is 30.5 Å². The molecule has 2 aromatic rings. The number of halogens is 1. The molecular weight excluding hydrogens is 318 g/mol. The minimum atomic E-state index is 0.382. The van der Waals surface area contributed by atoms with E-state index >= 15 is 0 Å². The van der Waals surface area contributed by atoms with Crippen molar-refractivity contribution in [2.75, 3.05) is 18.1 Å². The van der Waals surface area contributed by atoms with E-state index in [9.17, 15) is 0 Å². The maximum atomic E-state index is 6.00. The third kappa shape index (κ3) is 3.16. The van der Waals surface area contributed by atoms with Gasteiger partial charge in [-0.3, -0.25) is 4.90 Å². The quantitative estimate of drug-likeness (QED) is 0.848. The Labute approximate surface area is 139 Å². The van der Waals surface area contributed by atoms with Crippen LogP contribution in [0.25, 0.3) is 0 Å². The molecule has 2 aliphatic rings. The van der Waals surface area contributed by atoms with Gasteiger partial charge in [-0.2, -0.15) is 11.8 Å². The molecule has 0 N–H and O–H groups in total. The lowest BCUT2D eigenvalue weighted by atomic mass is 10.1. The van der Waals surface area contributed by atoms with Crippen molar-refractivity contribution < 1.29 is 4.42 Å². The molecule has 2 heterocycles. The SMILES string of the molecule is Clc1ccc(C2CSCCN2Cc2nnc(C3CC3)o2)cc1. The number of hydrogen-bond donors (Lipinski definition) is 0. The van der Waals surface area contributed by atoms with E-state index < -0.39 is 0 Å². The van der Waals surface area contributed by atoms with Crippen LogP contribution in [-0.2, 0) is 6.54 Å². The van der Waals surface area contributed by atoms with Crippen molar-refractivity contribution >= 4 is 23.4 Å². The Balaban J connectivity index is 1.50. The van der Waals surface area contributed by atoms with Gasteiger partial charge in [-0.1, -0.05) is 23.7 Å². The van der Waals surface area contributed by atoms with Gasteiger partial charge >= 0.3 is 0 Å². The average Bonchev–Trinajstić information content (AvgIpc) is 3.29.